The second kappa shape index (κ2) is 3.94. The minimum Gasteiger partial charge on any atom is -0.392 e. The first-order valence-electron chi connectivity index (χ1n) is 5.20. The van der Waals surface area contributed by atoms with Crippen LogP contribution in [0.5, 0.6) is 0 Å². The molecule has 82 valence electrons. The van der Waals surface area contributed by atoms with Gasteiger partial charge in [-0.25, -0.2) is 0 Å². The van der Waals surface area contributed by atoms with Crippen LogP contribution in [0.4, 0.5) is 5.69 Å². The van der Waals surface area contributed by atoms with E-state index in [1.54, 1.807) is 0 Å². The van der Waals surface area contributed by atoms with E-state index in [0.29, 0.717) is 6.04 Å². The molecule has 1 aliphatic rings. The van der Waals surface area contributed by atoms with Gasteiger partial charge in [0.15, 0.2) is 0 Å². The number of benzene rings is 1. The fraction of sp³-hybridized carbons (Fsp3) is 0.500. The van der Waals surface area contributed by atoms with Gasteiger partial charge < -0.3 is 10.4 Å². The summed E-state index contributed by atoms with van der Waals surface area (Å²) in [5.74, 6) is 0. The second-order valence-corrected chi connectivity index (χ2v) is 6.03. The summed E-state index contributed by atoms with van der Waals surface area (Å²) in [6.07, 6.45) is 0.677. The topological polar surface area (TPSA) is 32.3 Å². The van der Waals surface area contributed by atoms with E-state index in [0.717, 1.165) is 12.1 Å². The minimum atomic E-state index is -0.169. The number of halogens is 1. The first-order valence-corrected chi connectivity index (χ1v) is 6.28. The summed E-state index contributed by atoms with van der Waals surface area (Å²) in [5.41, 5.74) is 1.13. The van der Waals surface area contributed by atoms with Crippen molar-refractivity contribution in [3.63, 3.8) is 0 Å². The molecule has 15 heavy (non-hydrogen) atoms. The van der Waals surface area contributed by atoms with Crippen LogP contribution in [0.25, 0.3) is 0 Å². The smallest absolute Gasteiger partial charge is 0.0630 e. The fourth-order valence-corrected chi connectivity index (χ4v) is 2.47. The second-order valence-electron chi connectivity index (χ2n) is 4.78. The van der Waals surface area contributed by atoms with Gasteiger partial charge in [0.2, 0.25) is 0 Å². The van der Waals surface area contributed by atoms with E-state index in [2.05, 4.69) is 60.0 Å². The Kier molecular flexibility index (Phi) is 2.94. The molecule has 2 nitrogen and oxygen atoms in total. The molecule has 0 heterocycles. The summed E-state index contributed by atoms with van der Waals surface area (Å²) in [4.78, 5) is 0. The van der Waals surface area contributed by atoms with E-state index in [1.807, 2.05) is 6.07 Å². The molecule has 2 rings (SSSR count). The molecule has 1 aromatic carbocycles. The largest absolute Gasteiger partial charge is 0.392 e. The Balaban J connectivity index is 2.05. The van der Waals surface area contributed by atoms with Gasteiger partial charge in [0.05, 0.1) is 6.10 Å². The summed E-state index contributed by atoms with van der Waals surface area (Å²) in [6, 6.07) is 8.70. The Hall–Kier alpha value is -0.290. The van der Waals surface area contributed by atoms with Gasteiger partial charge in [-0.2, -0.15) is 0 Å². The number of aliphatic hydroxyl groups is 1. The average molecular weight is 317 g/mol. The molecule has 0 radical (unpaired) electrons. The van der Waals surface area contributed by atoms with Crippen LogP contribution < -0.4 is 5.32 Å². The van der Waals surface area contributed by atoms with Crippen LogP contribution in [0, 0.1) is 8.99 Å². The van der Waals surface area contributed by atoms with Crippen molar-refractivity contribution in [1.29, 1.82) is 0 Å². The highest BCUT2D eigenvalue weighted by Crippen LogP contribution is 2.42. The third-order valence-electron chi connectivity index (χ3n) is 3.38. The summed E-state index contributed by atoms with van der Waals surface area (Å²) >= 11 is 2.31. The Morgan fingerprint density at radius 3 is 2.73 bits per heavy atom. The van der Waals surface area contributed by atoms with Gasteiger partial charge in [-0.15, -0.1) is 0 Å². The zero-order valence-electron chi connectivity index (χ0n) is 9.00. The number of anilines is 1. The van der Waals surface area contributed by atoms with Gasteiger partial charge >= 0.3 is 0 Å². The van der Waals surface area contributed by atoms with Crippen LogP contribution in [-0.4, -0.2) is 17.3 Å². The molecule has 0 saturated heterocycles. The quantitative estimate of drug-likeness (QED) is 0.822. The van der Waals surface area contributed by atoms with Crippen LogP contribution in [0.15, 0.2) is 24.3 Å². The van der Waals surface area contributed by atoms with Crippen molar-refractivity contribution < 1.29 is 5.11 Å². The fourth-order valence-electron chi connectivity index (χ4n) is 1.93. The summed E-state index contributed by atoms with van der Waals surface area (Å²) in [7, 11) is 0. The van der Waals surface area contributed by atoms with Gasteiger partial charge in [0.25, 0.3) is 0 Å². The van der Waals surface area contributed by atoms with Crippen molar-refractivity contribution >= 4 is 28.3 Å². The monoisotopic (exact) mass is 317 g/mol. The van der Waals surface area contributed by atoms with E-state index in [1.165, 1.54) is 3.57 Å². The lowest BCUT2D eigenvalue weighted by molar-refractivity contribution is -0.0510. The zero-order valence-corrected chi connectivity index (χ0v) is 11.2. The van der Waals surface area contributed by atoms with Crippen molar-refractivity contribution in [2.45, 2.75) is 32.4 Å². The van der Waals surface area contributed by atoms with Crippen LogP contribution in [-0.2, 0) is 0 Å². The molecule has 1 aliphatic carbocycles. The lowest BCUT2D eigenvalue weighted by atomic mass is 9.64. The lowest BCUT2D eigenvalue weighted by Crippen LogP contribution is -2.56. The Morgan fingerprint density at radius 2 is 2.20 bits per heavy atom. The summed E-state index contributed by atoms with van der Waals surface area (Å²) in [5, 5.41) is 13.1. The first-order chi connectivity index (χ1) is 7.00. The standard InChI is InChI=1S/C12H16INO/c1-12(2)10(7-11(12)15)14-9-5-3-4-8(13)6-9/h3-6,10-11,14-15H,7H2,1-2H3. The normalized spacial score (nSPS) is 28.3. The lowest BCUT2D eigenvalue weighted by Gasteiger charge is -2.49. The van der Waals surface area contributed by atoms with E-state index < -0.39 is 0 Å². The molecule has 0 amide bonds. The van der Waals surface area contributed by atoms with E-state index in [9.17, 15) is 5.11 Å². The number of rotatable bonds is 2. The van der Waals surface area contributed by atoms with Gasteiger partial charge in [-0.3, -0.25) is 0 Å². The maximum absolute atomic E-state index is 9.64. The van der Waals surface area contributed by atoms with Crippen molar-refractivity contribution in [2.75, 3.05) is 5.32 Å². The van der Waals surface area contributed by atoms with Crippen molar-refractivity contribution in [3.05, 3.63) is 27.8 Å². The molecule has 0 aliphatic heterocycles. The van der Waals surface area contributed by atoms with Gasteiger partial charge in [-0.1, -0.05) is 19.9 Å². The van der Waals surface area contributed by atoms with E-state index in [4.69, 9.17) is 0 Å². The molecule has 3 heteroatoms. The molecule has 0 spiro atoms. The predicted octanol–water partition coefficient (Wildman–Crippen LogP) is 2.86. The number of hydrogen-bond donors (Lipinski definition) is 2. The maximum Gasteiger partial charge on any atom is 0.0630 e. The highest BCUT2D eigenvalue weighted by molar-refractivity contribution is 14.1. The van der Waals surface area contributed by atoms with Crippen molar-refractivity contribution in [1.82, 2.24) is 0 Å². The Morgan fingerprint density at radius 1 is 1.47 bits per heavy atom. The van der Waals surface area contributed by atoms with Crippen molar-refractivity contribution in [3.8, 4) is 0 Å². The highest BCUT2D eigenvalue weighted by Gasteiger charge is 2.47. The van der Waals surface area contributed by atoms with E-state index in [-0.39, 0.29) is 11.5 Å². The third kappa shape index (κ3) is 2.13. The SMILES string of the molecule is CC1(C)C(O)CC1Nc1cccc(I)c1. The molecule has 2 N–H and O–H groups in total. The predicted molar refractivity (Wildman–Crippen MR) is 71.0 cm³/mol. The first kappa shape index (κ1) is 11.2. The number of hydrogen-bond acceptors (Lipinski definition) is 2. The van der Waals surface area contributed by atoms with Crippen LogP contribution in [0.1, 0.15) is 20.3 Å². The molecular formula is C12H16INO. The zero-order chi connectivity index (χ0) is 11.1. The molecule has 1 aromatic rings. The highest BCUT2D eigenvalue weighted by atomic mass is 127. The summed E-state index contributed by atoms with van der Waals surface area (Å²) < 4.78 is 1.23. The minimum absolute atomic E-state index is 0.0126. The molecule has 2 unspecified atom stereocenters. The average Bonchev–Trinajstić information content (AvgIpc) is 2.17. The van der Waals surface area contributed by atoms with Crippen LogP contribution in [0.2, 0.25) is 0 Å². The van der Waals surface area contributed by atoms with Gasteiger partial charge in [0.1, 0.15) is 0 Å². The number of nitrogens with one attached hydrogen (secondary N) is 1. The Labute approximate surface area is 104 Å². The maximum atomic E-state index is 9.64. The van der Waals surface area contributed by atoms with E-state index >= 15 is 0 Å². The van der Waals surface area contributed by atoms with Gasteiger partial charge in [0, 0.05) is 20.7 Å². The van der Waals surface area contributed by atoms with Gasteiger partial charge in [-0.05, 0) is 47.2 Å². The molecular weight excluding hydrogens is 301 g/mol. The van der Waals surface area contributed by atoms with Crippen LogP contribution in [0.3, 0.4) is 0 Å². The molecule has 2 atom stereocenters. The van der Waals surface area contributed by atoms with Crippen LogP contribution >= 0.6 is 22.6 Å². The number of aliphatic hydroxyl groups excluding tert-OH is 1. The third-order valence-corrected chi connectivity index (χ3v) is 4.05. The molecule has 1 fully saturated rings. The van der Waals surface area contributed by atoms with Crippen molar-refractivity contribution in [2.24, 2.45) is 5.41 Å². The molecule has 0 aromatic heterocycles. The molecule has 0 bridgehead atoms. The Bertz CT molecular complexity index is 364. The summed E-state index contributed by atoms with van der Waals surface area (Å²) in [6.45, 7) is 4.21. The molecule has 1 saturated carbocycles.